The van der Waals surface area contributed by atoms with Crippen molar-refractivity contribution in [3.05, 3.63) is 0 Å². The van der Waals surface area contributed by atoms with Crippen LogP contribution in [0.25, 0.3) is 0 Å². The Morgan fingerprint density at radius 1 is 1.57 bits per heavy atom. The summed E-state index contributed by atoms with van der Waals surface area (Å²) in [6, 6.07) is -0.121. The SMILES string of the molecule is CCCCC(N)C(=O)NC(C)CSC. The van der Waals surface area contributed by atoms with E-state index in [1.807, 2.05) is 13.2 Å². The molecule has 3 N–H and O–H groups in total. The lowest BCUT2D eigenvalue weighted by molar-refractivity contribution is -0.122. The molecule has 84 valence electrons. The van der Waals surface area contributed by atoms with Gasteiger partial charge in [0.15, 0.2) is 0 Å². The number of hydrogen-bond acceptors (Lipinski definition) is 3. The quantitative estimate of drug-likeness (QED) is 0.678. The molecular formula is C10H22N2OS. The Bertz CT molecular complexity index is 164. The summed E-state index contributed by atoms with van der Waals surface area (Å²) in [6.07, 6.45) is 4.92. The van der Waals surface area contributed by atoms with Crippen molar-refractivity contribution in [2.45, 2.75) is 45.2 Å². The molecule has 0 radical (unpaired) electrons. The third-order valence-electron chi connectivity index (χ3n) is 2.01. The number of rotatable bonds is 7. The zero-order valence-corrected chi connectivity index (χ0v) is 10.2. The zero-order chi connectivity index (χ0) is 11.0. The molecule has 0 rings (SSSR count). The number of unbranched alkanes of at least 4 members (excludes halogenated alkanes) is 1. The van der Waals surface area contributed by atoms with E-state index in [4.69, 9.17) is 5.73 Å². The topological polar surface area (TPSA) is 55.1 Å². The first-order chi connectivity index (χ1) is 6.61. The molecule has 0 fully saturated rings. The summed E-state index contributed by atoms with van der Waals surface area (Å²) in [7, 11) is 0. The first kappa shape index (κ1) is 13.8. The van der Waals surface area contributed by atoms with Gasteiger partial charge in [-0.3, -0.25) is 4.79 Å². The van der Waals surface area contributed by atoms with E-state index in [-0.39, 0.29) is 18.0 Å². The molecule has 2 atom stereocenters. The van der Waals surface area contributed by atoms with Crippen molar-refractivity contribution >= 4 is 17.7 Å². The highest BCUT2D eigenvalue weighted by Gasteiger charge is 2.14. The van der Waals surface area contributed by atoms with Crippen LogP contribution in [-0.4, -0.2) is 30.0 Å². The maximum Gasteiger partial charge on any atom is 0.237 e. The van der Waals surface area contributed by atoms with Gasteiger partial charge in [0, 0.05) is 11.8 Å². The van der Waals surface area contributed by atoms with E-state index in [0.29, 0.717) is 0 Å². The van der Waals surface area contributed by atoms with Crippen LogP contribution in [0.4, 0.5) is 0 Å². The Kier molecular flexibility index (Phi) is 7.99. The maximum absolute atomic E-state index is 11.5. The molecule has 0 aromatic carbocycles. The third kappa shape index (κ3) is 6.27. The molecule has 0 aliphatic heterocycles. The molecule has 0 aromatic rings. The van der Waals surface area contributed by atoms with Crippen molar-refractivity contribution < 1.29 is 4.79 Å². The van der Waals surface area contributed by atoms with Crippen LogP contribution in [0.2, 0.25) is 0 Å². The van der Waals surface area contributed by atoms with Crippen LogP contribution in [0.5, 0.6) is 0 Å². The van der Waals surface area contributed by atoms with Crippen molar-refractivity contribution in [1.29, 1.82) is 0 Å². The minimum absolute atomic E-state index is 0.0139. The van der Waals surface area contributed by atoms with E-state index in [0.717, 1.165) is 25.0 Å². The molecule has 3 nitrogen and oxygen atoms in total. The number of carbonyl (C=O) groups excluding carboxylic acids is 1. The van der Waals surface area contributed by atoms with Gasteiger partial charge in [0.2, 0.25) is 5.91 Å². The average Bonchev–Trinajstić information content (AvgIpc) is 2.14. The summed E-state index contributed by atoms with van der Waals surface area (Å²) in [5.41, 5.74) is 5.73. The normalized spacial score (nSPS) is 14.9. The average molecular weight is 218 g/mol. The molecule has 0 spiro atoms. The molecule has 0 aromatic heterocycles. The number of nitrogens with two attached hydrogens (primary N) is 1. The van der Waals surface area contributed by atoms with E-state index < -0.39 is 0 Å². The lowest BCUT2D eigenvalue weighted by atomic mass is 10.1. The second kappa shape index (κ2) is 8.12. The molecule has 0 heterocycles. The molecular weight excluding hydrogens is 196 g/mol. The molecule has 0 bridgehead atoms. The number of hydrogen-bond donors (Lipinski definition) is 2. The van der Waals surface area contributed by atoms with Gasteiger partial charge in [0.1, 0.15) is 0 Å². The predicted molar refractivity (Wildman–Crippen MR) is 63.5 cm³/mol. The number of nitrogens with one attached hydrogen (secondary N) is 1. The van der Waals surface area contributed by atoms with Crippen LogP contribution in [0.3, 0.4) is 0 Å². The lowest BCUT2D eigenvalue weighted by Crippen LogP contribution is -2.45. The van der Waals surface area contributed by atoms with Crippen LogP contribution in [0.1, 0.15) is 33.1 Å². The van der Waals surface area contributed by atoms with Crippen molar-refractivity contribution in [3.63, 3.8) is 0 Å². The number of thioether (sulfide) groups is 1. The summed E-state index contributed by atoms with van der Waals surface area (Å²) in [6.45, 7) is 4.10. The minimum atomic E-state index is -0.334. The fraction of sp³-hybridized carbons (Fsp3) is 0.900. The minimum Gasteiger partial charge on any atom is -0.351 e. The molecule has 2 unspecified atom stereocenters. The molecule has 4 heteroatoms. The van der Waals surface area contributed by atoms with E-state index in [1.54, 1.807) is 11.8 Å². The van der Waals surface area contributed by atoms with E-state index in [9.17, 15) is 4.79 Å². The largest absolute Gasteiger partial charge is 0.351 e. The van der Waals surface area contributed by atoms with Gasteiger partial charge < -0.3 is 11.1 Å². The van der Waals surface area contributed by atoms with Crippen molar-refractivity contribution in [3.8, 4) is 0 Å². The summed E-state index contributed by atoms with van der Waals surface area (Å²) in [4.78, 5) is 11.5. The maximum atomic E-state index is 11.5. The highest BCUT2D eigenvalue weighted by atomic mass is 32.2. The van der Waals surface area contributed by atoms with Gasteiger partial charge in [-0.2, -0.15) is 11.8 Å². The molecule has 14 heavy (non-hydrogen) atoms. The Morgan fingerprint density at radius 3 is 2.71 bits per heavy atom. The second-order valence-electron chi connectivity index (χ2n) is 3.61. The Balaban J connectivity index is 3.71. The van der Waals surface area contributed by atoms with Crippen LogP contribution in [-0.2, 0) is 4.79 Å². The first-order valence-electron chi connectivity index (χ1n) is 5.16. The monoisotopic (exact) mass is 218 g/mol. The van der Waals surface area contributed by atoms with E-state index in [2.05, 4.69) is 12.2 Å². The zero-order valence-electron chi connectivity index (χ0n) is 9.38. The summed E-state index contributed by atoms with van der Waals surface area (Å²) < 4.78 is 0. The Morgan fingerprint density at radius 2 is 2.21 bits per heavy atom. The number of carbonyl (C=O) groups is 1. The summed E-state index contributed by atoms with van der Waals surface area (Å²) >= 11 is 1.73. The summed E-state index contributed by atoms with van der Waals surface area (Å²) in [5, 5.41) is 2.90. The Hall–Kier alpha value is -0.220. The lowest BCUT2D eigenvalue weighted by Gasteiger charge is -2.16. The van der Waals surface area contributed by atoms with Gasteiger partial charge in [0.05, 0.1) is 6.04 Å². The second-order valence-corrected chi connectivity index (χ2v) is 4.52. The fourth-order valence-corrected chi connectivity index (χ4v) is 1.78. The van der Waals surface area contributed by atoms with E-state index >= 15 is 0 Å². The molecule has 0 saturated carbocycles. The van der Waals surface area contributed by atoms with Gasteiger partial charge in [-0.05, 0) is 19.6 Å². The standard InChI is InChI=1S/C10H22N2OS/c1-4-5-6-9(11)10(13)12-8(2)7-14-3/h8-9H,4-7,11H2,1-3H3,(H,12,13). The van der Waals surface area contributed by atoms with Crippen molar-refractivity contribution in [2.75, 3.05) is 12.0 Å². The molecule has 0 aliphatic carbocycles. The predicted octanol–water partition coefficient (Wildman–Crippen LogP) is 1.37. The van der Waals surface area contributed by atoms with Crippen LogP contribution in [0, 0.1) is 0 Å². The molecule has 1 amide bonds. The molecule has 0 saturated heterocycles. The van der Waals surface area contributed by atoms with Gasteiger partial charge in [-0.15, -0.1) is 0 Å². The third-order valence-corrected chi connectivity index (χ3v) is 2.84. The van der Waals surface area contributed by atoms with Gasteiger partial charge in [0.25, 0.3) is 0 Å². The van der Waals surface area contributed by atoms with Gasteiger partial charge in [-0.25, -0.2) is 0 Å². The highest BCUT2D eigenvalue weighted by molar-refractivity contribution is 7.98. The first-order valence-corrected chi connectivity index (χ1v) is 6.56. The van der Waals surface area contributed by atoms with Crippen LogP contribution in [0.15, 0.2) is 0 Å². The van der Waals surface area contributed by atoms with Crippen molar-refractivity contribution in [2.24, 2.45) is 5.73 Å². The smallest absolute Gasteiger partial charge is 0.237 e. The van der Waals surface area contributed by atoms with Gasteiger partial charge in [-0.1, -0.05) is 19.8 Å². The Labute approximate surface area is 91.2 Å². The molecule has 0 aliphatic rings. The highest BCUT2D eigenvalue weighted by Crippen LogP contribution is 2.00. The summed E-state index contributed by atoms with van der Waals surface area (Å²) in [5.74, 6) is 0.923. The number of amides is 1. The van der Waals surface area contributed by atoms with Crippen molar-refractivity contribution in [1.82, 2.24) is 5.32 Å². The van der Waals surface area contributed by atoms with Crippen LogP contribution >= 0.6 is 11.8 Å². The van der Waals surface area contributed by atoms with Crippen LogP contribution < -0.4 is 11.1 Å². The van der Waals surface area contributed by atoms with Gasteiger partial charge >= 0.3 is 0 Å². The van der Waals surface area contributed by atoms with E-state index in [1.165, 1.54) is 0 Å². The fourth-order valence-electron chi connectivity index (χ4n) is 1.20.